The molecule has 1 saturated heterocycles. The molecule has 6 heteroatoms. The minimum atomic E-state index is -0.339. The van der Waals surface area contributed by atoms with Crippen molar-refractivity contribution < 1.29 is 9.18 Å². The number of rotatable bonds is 2. The maximum absolute atomic E-state index is 13.7. The van der Waals surface area contributed by atoms with Crippen molar-refractivity contribution in [2.75, 3.05) is 47.9 Å². The van der Waals surface area contributed by atoms with Gasteiger partial charge in [0, 0.05) is 39.4 Å². The smallest absolute Gasteiger partial charge is 0.259 e. The Morgan fingerprint density at radius 1 is 1.04 bits per heavy atom. The summed E-state index contributed by atoms with van der Waals surface area (Å²) in [6.07, 6.45) is 4.01. The predicted octanol–water partition coefficient (Wildman–Crippen LogP) is 2.92. The van der Waals surface area contributed by atoms with E-state index in [0.717, 1.165) is 24.6 Å². The van der Waals surface area contributed by atoms with Gasteiger partial charge in [-0.15, -0.1) is 0 Å². The second-order valence-corrected chi connectivity index (χ2v) is 6.61. The molecule has 25 heavy (non-hydrogen) atoms. The van der Waals surface area contributed by atoms with Crippen LogP contribution < -0.4 is 14.7 Å². The van der Waals surface area contributed by atoms with Crippen molar-refractivity contribution in [3.8, 4) is 0 Å². The molecule has 0 radical (unpaired) electrons. The van der Waals surface area contributed by atoms with Crippen molar-refractivity contribution in [3.05, 3.63) is 47.9 Å². The van der Waals surface area contributed by atoms with Gasteiger partial charge >= 0.3 is 0 Å². The second-order valence-electron chi connectivity index (χ2n) is 6.61. The lowest BCUT2D eigenvalue weighted by molar-refractivity contribution is 0.0986. The molecule has 0 bridgehead atoms. The number of pyridine rings is 1. The number of aromatic nitrogens is 1. The highest BCUT2D eigenvalue weighted by atomic mass is 19.1. The Bertz CT molecular complexity index is 787. The van der Waals surface area contributed by atoms with Crippen LogP contribution in [0.4, 0.5) is 21.6 Å². The topological polar surface area (TPSA) is 39.7 Å². The molecule has 1 fully saturated rings. The summed E-state index contributed by atoms with van der Waals surface area (Å²) in [6, 6.07) is 8.30. The van der Waals surface area contributed by atoms with Crippen molar-refractivity contribution in [2.24, 2.45) is 0 Å². The van der Waals surface area contributed by atoms with Crippen LogP contribution in [0.3, 0.4) is 0 Å². The molecule has 2 aliphatic heterocycles. The van der Waals surface area contributed by atoms with Crippen LogP contribution >= 0.6 is 0 Å². The molecule has 130 valence electrons. The number of amides is 1. The van der Waals surface area contributed by atoms with E-state index < -0.39 is 0 Å². The second kappa shape index (κ2) is 6.35. The summed E-state index contributed by atoms with van der Waals surface area (Å²) >= 11 is 0. The number of benzene rings is 1. The first-order valence-corrected chi connectivity index (χ1v) is 8.67. The average Bonchev–Trinajstić information content (AvgIpc) is 3.16. The van der Waals surface area contributed by atoms with Gasteiger partial charge in [0.15, 0.2) is 0 Å². The van der Waals surface area contributed by atoms with E-state index >= 15 is 0 Å². The molecule has 0 N–H and O–H groups in total. The quantitative estimate of drug-likeness (QED) is 0.843. The Hall–Kier alpha value is -2.63. The molecule has 0 atom stereocenters. The molecule has 1 aromatic heterocycles. The molecular formula is C19H21FN4O. The van der Waals surface area contributed by atoms with Crippen LogP contribution in [0, 0.1) is 5.82 Å². The van der Waals surface area contributed by atoms with Gasteiger partial charge in [-0.05, 0) is 43.2 Å². The van der Waals surface area contributed by atoms with Gasteiger partial charge in [0.2, 0.25) is 0 Å². The van der Waals surface area contributed by atoms with Gasteiger partial charge in [-0.3, -0.25) is 4.79 Å². The van der Waals surface area contributed by atoms with Crippen molar-refractivity contribution in [3.63, 3.8) is 0 Å². The highest BCUT2D eigenvalue weighted by Crippen LogP contribution is 2.33. The number of likely N-dealkylation sites (N-methyl/N-ethyl adjacent to an activating group) is 1. The van der Waals surface area contributed by atoms with E-state index in [2.05, 4.69) is 9.88 Å². The summed E-state index contributed by atoms with van der Waals surface area (Å²) in [5, 5.41) is 0. The first-order valence-electron chi connectivity index (χ1n) is 8.67. The Morgan fingerprint density at radius 3 is 2.56 bits per heavy atom. The molecule has 4 rings (SSSR count). The first-order chi connectivity index (χ1) is 12.1. The van der Waals surface area contributed by atoms with E-state index in [1.807, 2.05) is 24.1 Å². The molecule has 0 spiro atoms. The zero-order valence-electron chi connectivity index (χ0n) is 14.3. The number of nitrogens with zero attached hydrogens (tertiary/aromatic N) is 4. The highest BCUT2D eigenvalue weighted by Gasteiger charge is 2.27. The number of hydrogen-bond donors (Lipinski definition) is 0. The zero-order chi connectivity index (χ0) is 17.4. The molecular weight excluding hydrogens is 319 g/mol. The van der Waals surface area contributed by atoms with E-state index in [4.69, 9.17) is 0 Å². The molecule has 2 aliphatic rings. The Morgan fingerprint density at radius 2 is 1.84 bits per heavy atom. The van der Waals surface area contributed by atoms with Gasteiger partial charge in [-0.2, -0.15) is 0 Å². The number of carbonyl (C=O) groups excluding carboxylic acids is 1. The predicted molar refractivity (Wildman–Crippen MR) is 97.0 cm³/mol. The monoisotopic (exact) mass is 340 g/mol. The minimum Gasteiger partial charge on any atom is -0.371 e. The normalized spacial score (nSPS) is 17.0. The fourth-order valence-corrected chi connectivity index (χ4v) is 3.54. The molecule has 0 unspecified atom stereocenters. The Balaban J connectivity index is 1.61. The number of anilines is 3. The van der Waals surface area contributed by atoms with Crippen LogP contribution in [0.25, 0.3) is 0 Å². The molecule has 1 aromatic carbocycles. The van der Waals surface area contributed by atoms with Crippen LogP contribution in [0.5, 0.6) is 0 Å². The van der Waals surface area contributed by atoms with Gasteiger partial charge in [-0.1, -0.05) is 0 Å². The summed E-state index contributed by atoms with van der Waals surface area (Å²) in [5.74, 6) is 0.439. The van der Waals surface area contributed by atoms with E-state index in [-0.39, 0.29) is 11.7 Å². The van der Waals surface area contributed by atoms with Gasteiger partial charge < -0.3 is 14.7 Å². The lowest BCUT2D eigenvalue weighted by Gasteiger charge is -2.35. The molecule has 0 saturated carbocycles. The van der Waals surface area contributed by atoms with Gasteiger partial charge in [-0.25, -0.2) is 9.37 Å². The summed E-state index contributed by atoms with van der Waals surface area (Å²) < 4.78 is 13.7. The third kappa shape index (κ3) is 2.92. The van der Waals surface area contributed by atoms with E-state index in [0.29, 0.717) is 24.3 Å². The van der Waals surface area contributed by atoms with Crippen LogP contribution in [-0.4, -0.2) is 44.1 Å². The van der Waals surface area contributed by atoms with Gasteiger partial charge in [0.25, 0.3) is 5.91 Å². The van der Waals surface area contributed by atoms with Crippen LogP contribution in [0.15, 0.2) is 36.5 Å². The van der Waals surface area contributed by atoms with Crippen molar-refractivity contribution in [1.82, 2.24) is 4.98 Å². The Kier molecular flexibility index (Phi) is 4.03. The van der Waals surface area contributed by atoms with Crippen molar-refractivity contribution >= 4 is 23.1 Å². The van der Waals surface area contributed by atoms with Gasteiger partial charge in [0.05, 0.1) is 16.9 Å². The third-order valence-electron chi connectivity index (χ3n) is 4.97. The van der Waals surface area contributed by atoms with Crippen LogP contribution in [0.1, 0.15) is 23.2 Å². The minimum absolute atomic E-state index is 0.138. The average molecular weight is 340 g/mol. The summed E-state index contributed by atoms with van der Waals surface area (Å²) in [6.45, 7) is 3.28. The standard InChI is InChI=1S/C19H21FN4O/c1-22-10-11-24(17-12-15(20)5-6-16(17)22)19(25)14-4-7-18(21-13-14)23-8-2-3-9-23/h4-7,12-13H,2-3,8-11H2,1H3. The first kappa shape index (κ1) is 15.9. The van der Waals surface area contributed by atoms with E-state index in [9.17, 15) is 9.18 Å². The molecule has 3 heterocycles. The maximum atomic E-state index is 13.7. The largest absolute Gasteiger partial charge is 0.371 e. The molecule has 5 nitrogen and oxygen atoms in total. The number of carbonyl (C=O) groups is 1. The number of halogens is 1. The van der Waals surface area contributed by atoms with Crippen molar-refractivity contribution in [1.29, 1.82) is 0 Å². The maximum Gasteiger partial charge on any atom is 0.259 e. The highest BCUT2D eigenvalue weighted by molar-refractivity contribution is 6.08. The summed E-state index contributed by atoms with van der Waals surface area (Å²) in [5.41, 5.74) is 2.01. The lowest BCUT2D eigenvalue weighted by atomic mass is 10.1. The summed E-state index contributed by atoms with van der Waals surface area (Å²) in [4.78, 5) is 23.3. The number of hydrogen-bond acceptors (Lipinski definition) is 4. The SMILES string of the molecule is CN1CCN(C(=O)c2ccc(N3CCCC3)nc2)c2cc(F)ccc21. The third-order valence-corrected chi connectivity index (χ3v) is 4.97. The molecule has 0 aliphatic carbocycles. The fourth-order valence-electron chi connectivity index (χ4n) is 3.54. The van der Waals surface area contributed by atoms with Crippen LogP contribution in [0.2, 0.25) is 0 Å². The zero-order valence-corrected chi connectivity index (χ0v) is 14.3. The lowest BCUT2D eigenvalue weighted by Crippen LogP contribution is -2.42. The molecule has 1 amide bonds. The van der Waals surface area contributed by atoms with Gasteiger partial charge in [0.1, 0.15) is 11.6 Å². The molecule has 2 aromatic rings. The van der Waals surface area contributed by atoms with Crippen LogP contribution in [-0.2, 0) is 0 Å². The Labute approximate surface area is 146 Å². The van der Waals surface area contributed by atoms with E-state index in [1.165, 1.54) is 25.0 Å². The summed E-state index contributed by atoms with van der Waals surface area (Å²) in [7, 11) is 1.95. The fraction of sp³-hybridized carbons (Fsp3) is 0.368. The van der Waals surface area contributed by atoms with E-state index in [1.54, 1.807) is 17.2 Å². The van der Waals surface area contributed by atoms with Crippen molar-refractivity contribution in [2.45, 2.75) is 12.8 Å². The number of fused-ring (bicyclic) bond motifs is 1.